The molecule has 1 saturated heterocycles. The molecule has 0 aromatic carbocycles. The summed E-state index contributed by atoms with van der Waals surface area (Å²) in [6.45, 7) is 15.1. The third-order valence-electron chi connectivity index (χ3n) is 14.8. The van der Waals surface area contributed by atoms with Crippen LogP contribution in [0.2, 0.25) is 0 Å². The highest BCUT2D eigenvalue weighted by molar-refractivity contribution is 5.76. The van der Waals surface area contributed by atoms with Gasteiger partial charge in [-0.25, -0.2) is 0 Å². The molecule has 6 aliphatic rings. The summed E-state index contributed by atoms with van der Waals surface area (Å²) in [6, 6.07) is 0. The molecule has 1 spiro atoms. The van der Waals surface area contributed by atoms with Crippen LogP contribution in [0.25, 0.3) is 0 Å². The molecular formula is C31H50O5. The summed E-state index contributed by atoms with van der Waals surface area (Å²) in [5.41, 5.74) is 0.381. The number of fused-ring (bicyclic) bond motifs is 7. The van der Waals surface area contributed by atoms with Gasteiger partial charge < -0.3 is 19.7 Å². The zero-order chi connectivity index (χ0) is 26.2. The number of aliphatic hydroxyl groups excluding tert-OH is 1. The van der Waals surface area contributed by atoms with Crippen molar-refractivity contribution in [2.24, 2.45) is 56.2 Å². The Labute approximate surface area is 218 Å². The first-order valence-corrected chi connectivity index (χ1v) is 14.8. The van der Waals surface area contributed by atoms with E-state index in [1.807, 2.05) is 0 Å². The lowest BCUT2D eigenvalue weighted by atomic mass is 9.30. The number of carbonyl (C=O) groups excluding carboxylic acids is 1. The van der Waals surface area contributed by atoms with E-state index in [-0.39, 0.29) is 44.4 Å². The van der Waals surface area contributed by atoms with E-state index in [0.29, 0.717) is 30.8 Å². The highest BCUT2D eigenvalue weighted by Crippen LogP contribution is 2.79. The molecule has 0 aromatic rings. The van der Waals surface area contributed by atoms with Gasteiger partial charge in [-0.15, -0.1) is 0 Å². The predicted molar refractivity (Wildman–Crippen MR) is 138 cm³/mol. The average Bonchev–Trinajstić information content (AvgIpc) is 3.02. The van der Waals surface area contributed by atoms with Gasteiger partial charge in [-0.2, -0.15) is 0 Å². The Morgan fingerprint density at radius 3 is 2.22 bits per heavy atom. The van der Waals surface area contributed by atoms with E-state index >= 15 is 0 Å². The largest absolute Gasteiger partial charge is 0.469 e. The maximum atomic E-state index is 12.9. The number of hydrogen-bond acceptors (Lipinski definition) is 5. The van der Waals surface area contributed by atoms with Gasteiger partial charge in [-0.05, 0) is 111 Å². The molecular weight excluding hydrogens is 452 g/mol. The van der Waals surface area contributed by atoms with Gasteiger partial charge in [0.15, 0.2) is 5.79 Å². The summed E-state index contributed by atoms with van der Waals surface area (Å²) in [7, 11) is 1.55. The first-order valence-electron chi connectivity index (χ1n) is 14.8. The summed E-state index contributed by atoms with van der Waals surface area (Å²) >= 11 is 0. The van der Waals surface area contributed by atoms with Gasteiger partial charge in [-0.1, -0.05) is 34.6 Å². The Morgan fingerprint density at radius 2 is 1.53 bits per heavy atom. The van der Waals surface area contributed by atoms with Gasteiger partial charge in [0.2, 0.25) is 0 Å². The fourth-order valence-electron chi connectivity index (χ4n) is 12.1. The van der Waals surface area contributed by atoms with Crippen LogP contribution in [0.4, 0.5) is 0 Å². The lowest BCUT2D eigenvalue weighted by molar-refractivity contribution is -0.291. The molecule has 5 heteroatoms. The molecule has 1 aliphatic heterocycles. The molecule has 204 valence electrons. The molecule has 12 unspecified atom stereocenters. The van der Waals surface area contributed by atoms with Crippen LogP contribution in [-0.2, 0) is 14.3 Å². The highest BCUT2D eigenvalue weighted by Gasteiger charge is 2.75. The molecule has 2 bridgehead atoms. The molecule has 0 radical (unpaired) electrons. The van der Waals surface area contributed by atoms with Crippen molar-refractivity contribution in [2.45, 2.75) is 118 Å². The number of ether oxygens (including phenoxy) is 2. The number of carbonyl (C=O) groups is 1. The normalized spacial score (nSPS) is 61.9. The highest BCUT2D eigenvalue weighted by atomic mass is 16.6. The lowest BCUT2D eigenvalue weighted by Crippen LogP contribution is -2.69. The smallest absolute Gasteiger partial charge is 0.311 e. The summed E-state index contributed by atoms with van der Waals surface area (Å²) in [5.74, 6) is 0.0305. The van der Waals surface area contributed by atoms with Crippen molar-refractivity contribution >= 4 is 5.97 Å². The SMILES string of the molecule is COC(=O)C1(C)CCC2(C)CCC3(C)C4CCC56COC(O)(C(O)CC5C4(C)CCC3(C)C2C1)C6C. The van der Waals surface area contributed by atoms with Gasteiger partial charge in [0.05, 0.1) is 19.1 Å². The second-order valence-corrected chi connectivity index (χ2v) is 15.7. The van der Waals surface area contributed by atoms with E-state index in [1.165, 1.54) is 25.7 Å². The Hall–Kier alpha value is -0.650. The van der Waals surface area contributed by atoms with Crippen molar-refractivity contribution in [3.05, 3.63) is 0 Å². The molecule has 6 fully saturated rings. The maximum Gasteiger partial charge on any atom is 0.311 e. The standard InChI is InChI=1S/C31H50O5/c1-19-30-9-8-20-27(4,21(30)16-23(32)31(19,34)36-18-30)13-15-29(6)22-17-26(3,24(33)35-7)11-10-25(22,2)12-14-28(20,29)5/h19-23,32,34H,8-18H2,1-7H3. The Balaban J connectivity index is 1.39. The van der Waals surface area contributed by atoms with Gasteiger partial charge in [0, 0.05) is 11.3 Å². The van der Waals surface area contributed by atoms with Crippen molar-refractivity contribution in [1.82, 2.24) is 0 Å². The minimum atomic E-state index is -1.38. The zero-order valence-electron chi connectivity index (χ0n) is 23.8. The fourth-order valence-corrected chi connectivity index (χ4v) is 12.1. The van der Waals surface area contributed by atoms with Crippen molar-refractivity contribution in [3.63, 3.8) is 0 Å². The molecule has 12 atom stereocenters. The minimum Gasteiger partial charge on any atom is -0.469 e. The first kappa shape index (κ1) is 25.6. The van der Waals surface area contributed by atoms with Gasteiger partial charge in [0.1, 0.15) is 6.10 Å². The van der Waals surface area contributed by atoms with E-state index in [1.54, 1.807) is 7.11 Å². The molecule has 0 aromatic heterocycles. The van der Waals surface area contributed by atoms with Gasteiger partial charge in [0.25, 0.3) is 0 Å². The van der Waals surface area contributed by atoms with E-state index in [9.17, 15) is 15.0 Å². The molecule has 5 saturated carbocycles. The zero-order valence-corrected chi connectivity index (χ0v) is 23.8. The quantitative estimate of drug-likeness (QED) is 0.449. The number of aliphatic hydroxyl groups is 2. The van der Waals surface area contributed by atoms with Crippen LogP contribution < -0.4 is 0 Å². The molecule has 5 aliphatic carbocycles. The molecule has 6 rings (SSSR count). The fraction of sp³-hybridized carbons (Fsp3) is 0.968. The van der Waals surface area contributed by atoms with Crippen LogP contribution in [-0.4, -0.2) is 41.8 Å². The van der Waals surface area contributed by atoms with Crippen LogP contribution in [0.1, 0.15) is 106 Å². The third-order valence-corrected chi connectivity index (χ3v) is 14.8. The minimum absolute atomic E-state index is 0.0270. The van der Waals surface area contributed by atoms with E-state index in [4.69, 9.17) is 9.47 Å². The summed E-state index contributed by atoms with van der Waals surface area (Å²) in [6.07, 6.45) is 9.93. The average molecular weight is 503 g/mol. The van der Waals surface area contributed by atoms with Crippen molar-refractivity contribution < 1.29 is 24.5 Å². The lowest BCUT2D eigenvalue weighted by Gasteiger charge is -2.74. The van der Waals surface area contributed by atoms with Gasteiger partial charge in [-0.3, -0.25) is 4.79 Å². The third kappa shape index (κ3) is 2.72. The molecule has 5 nitrogen and oxygen atoms in total. The van der Waals surface area contributed by atoms with Crippen molar-refractivity contribution in [2.75, 3.05) is 13.7 Å². The van der Waals surface area contributed by atoms with Crippen LogP contribution in [0.15, 0.2) is 0 Å². The van der Waals surface area contributed by atoms with Crippen LogP contribution in [0, 0.1) is 56.2 Å². The van der Waals surface area contributed by atoms with Crippen molar-refractivity contribution in [1.29, 1.82) is 0 Å². The summed E-state index contributed by atoms with van der Waals surface area (Å²) in [5, 5.41) is 22.3. The van der Waals surface area contributed by atoms with E-state index < -0.39 is 11.9 Å². The monoisotopic (exact) mass is 502 g/mol. The van der Waals surface area contributed by atoms with Crippen LogP contribution >= 0.6 is 0 Å². The molecule has 36 heavy (non-hydrogen) atoms. The van der Waals surface area contributed by atoms with Gasteiger partial charge >= 0.3 is 5.97 Å². The summed E-state index contributed by atoms with van der Waals surface area (Å²) < 4.78 is 11.3. The second kappa shape index (κ2) is 7.30. The molecule has 0 amide bonds. The second-order valence-electron chi connectivity index (χ2n) is 15.7. The molecule has 1 heterocycles. The summed E-state index contributed by atoms with van der Waals surface area (Å²) in [4.78, 5) is 12.9. The maximum absolute atomic E-state index is 12.9. The van der Waals surface area contributed by atoms with E-state index in [2.05, 4.69) is 41.5 Å². The number of hydrogen-bond donors (Lipinski definition) is 2. The first-order chi connectivity index (χ1) is 16.7. The number of esters is 1. The topological polar surface area (TPSA) is 76.0 Å². The Bertz CT molecular complexity index is 967. The number of rotatable bonds is 1. The Kier molecular flexibility index (Phi) is 5.19. The predicted octanol–water partition coefficient (Wildman–Crippen LogP) is 5.71. The van der Waals surface area contributed by atoms with Crippen LogP contribution in [0.3, 0.4) is 0 Å². The number of methoxy groups -OCH3 is 1. The van der Waals surface area contributed by atoms with Crippen LogP contribution in [0.5, 0.6) is 0 Å². The molecule has 2 N–H and O–H groups in total. The van der Waals surface area contributed by atoms with E-state index in [0.717, 1.165) is 32.1 Å². The Morgan fingerprint density at radius 1 is 0.889 bits per heavy atom. The van der Waals surface area contributed by atoms with Crippen molar-refractivity contribution in [3.8, 4) is 0 Å².